The van der Waals surface area contributed by atoms with Crippen molar-refractivity contribution >= 4 is 0 Å². The molecule has 0 heterocycles. The van der Waals surface area contributed by atoms with Crippen molar-refractivity contribution in [3.8, 4) is 0 Å². The first-order valence-corrected chi connectivity index (χ1v) is 6.02. The maximum absolute atomic E-state index is 5.01. The molecule has 0 unspecified atom stereocenters. The van der Waals surface area contributed by atoms with E-state index in [0.717, 1.165) is 31.4 Å². The van der Waals surface area contributed by atoms with E-state index in [-0.39, 0.29) is 0 Å². The summed E-state index contributed by atoms with van der Waals surface area (Å²) in [6.45, 7) is 5.59. The number of hydrogen-bond donors (Lipinski definition) is 1. The van der Waals surface area contributed by atoms with Gasteiger partial charge in [-0.3, -0.25) is 0 Å². The van der Waals surface area contributed by atoms with Crippen LogP contribution in [0.2, 0.25) is 0 Å². The zero-order valence-electron chi connectivity index (χ0n) is 9.72. The Kier molecular flexibility index (Phi) is 6.20. The Morgan fingerprint density at radius 2 is 1.93 bits per heavy atom. The standard InChI is InChI=1S/C12H25NO/c1-11-4-6-12(7-5-11)10-13-8-3-9-14-2/h11-13H,3-10H2,1-2H3. The SMILES string of the molecule is COCCCNCC1CCC(C)CC1. The highest BCUT2D eigenvalue weighted by Gasteiger charge is 2.17. The van der Waals surface area contributed by atoms with Gasteiger partial charge in [0.05, 0.1) is 0 Å². The predicted molar refractivity (Wildman–Crippen MR) is 60.5 cm³/mol. The summed E-state index contributed by atoms with van der Waals surface area (Å²) < 4.78 is 5.01. The summed E-state index contributed by atoms with van der Waals surface area (Å²) in [5, 5.41) is 3.52. The van der Waals surface area contributed by atoms with Crippen molar-refractivity contribution in [2.24, 2.45) is 11.8 Å². The third-order valence-electron chi connectivity index (χ3n) is 3.27. The van der Waals surface area contributed by atoms with Crippen LogP contribution in [0.3, 0.4) is 0 Å². The summed E-state index contributed by atoms with van der Waals surface area (Å²) in [5.41, 5.74) is 0. The molecule has 0 bridgehead atoms. The third kappa shape index (κ3) is 4.97. The second kappa shape index (κ2) is 7.24. The summed E-state index contributed by atoms with van der Waals surface area (Å²) in [6, 6.07) is 0. The molecule has 0 aromatic carbocycles. The molecule has 0 aromatic heterocycles. The van der Waals surface area contributed by atoms with Crippen molar-refractivity contribution in [2.45, 2.75) is 39.0 Å². The summed E-state index contributed by atoms with van der Waals surface area (Å²) in [5.74, 6) is 1.91. The molecule has 2 nitrogen and oxygen atoms in total. The first-order chi connectivity index (χ1) is 6.83. The molecule has 84 valence electrons. The van der Waals surface area contributed by atoms with Crippen molar-refractivity contribution in [3.63, 3.8) is 0 Å². The van der Waals surface area contributed by atoms with Gasteiger partial charge in [0.15, 0.2) is 0 Å². The molecule has 2 heteroatoms. The molecule has 1 saturated carbocycles. The van der Waals surface area contributed by atoms with E-state index in [4.69, 9.17) is 4.74 Å². The topological polar surface area (TPSA) is 21.3 Å². The van der Waals surface area contributed by atoms with Crippen LogP contribution in [-0.2, 0) is 4.74 Å². The molecule has 0 aliphatic heterocycles. The van der Waals surface area contributed by atoms with Crippen molar-refractivity contribution in [3.05, 3.63) is 0 Å². The van der Waals surface area contributed by atoms with E-state index in [9.17, 15) is 0 Å². The zero-order chi connectivity index (χ0) is 10.2. The molecular weight excluding hydrogens is 174 g/mol. The molecule has 1 fully saturated rings. The molecule has 0 atom stereocenters. The lowest BCUT2D eigenvalue weighted by molar-refractivity contribution is 0.192. The average Bonchev–Trinajstić information content (AvgIpc) is 2.21. The minimum absolute atomic E-state index is 0.884. The molecule has 1 aliphatic carbocycles. The summed E-state index contributed by atoms with van der Waals surface area (Å²) in [4.78, 5) is 0. The zero-order valence-corrected chi connectivity index (χ0v) is 9.72. The lowest BCUT2D eigenvalue weighted by Crippen LogP contribution is -2.27. The summed E-state index contributed by atoms with van der Waals surface area (Å²) >= 11 is 0. The van der Waals surface area contributed by atoms with Gasteiger partial charge in [0.1, 0.15) is 0 Å². The fourth-order valence-electron chi connectivity index (χ4n) is 2.18. The first kappa shape index (κ1) is 12.0. The van der Waals surface area contributed by atoms with Crippen LogP contribution < -0.4 is 5.32 Å². The Balaban J connectivity index is 1.91. The van der Waals surface area contributed by atoms with Gasteiger partial charge in [-0.15, -0.1) is 0 Å². The maximum Gasteiger partial charge on any atom is 0.0474 e. The van der Waals surface area contributed by atoms with Gasteiger partial charge in [-0.1, -0.05) is 19.8 Å². The fraction of sp³-hybridized carbons (Fsp3) is 1.00. The van der Waals surface area contributed by atoms with Gasteiger partial charge in [-0.05, 0) is 44.2 Å². The average molecular weight is 199 g/mol. The smallest absolute Gasteiger partial charge is 0.0474 e. The minimum atomic E-state index is 0.884. The maximum atomic E-state index is 5.01. The number of hydrogen-bond acceptors (Lipinski definition) is 2. The third-order valence-corrected chi connectivity index (χ3v) is 3.27. The van der Waals surface area contributed by atoms with Gasteiger partial charge < -0.3 is 10.1 Å². The predicted octanol–water partition coefficient (Wildman–Crippen LogP) is 2.44. The molecule has 1 N–H and O–H groups in total. The van der Waals surface area contributed by atoms with E-state index in [1.807, 2.05) is 0 Å². The second-order valence-corrected chi connectivity index (χ2v) is 4.68. The molecular formula is C12H25NO. The van der Waals surface area contributed by atoms with E-state index in [1.54, 1.807) is 7.11 Å². The Morgan fingerprint density at radius 1 is 1.21 bits per heavy atom. The molecule has 0 aromatic rings. The van der Waals surface area contributed by atoms with Gasteiger partial charge in [0.25, 0.3) is 0 Å². The quantitative estimate of drug-likeness (QED) is 0.663. The Labute approximate surface area is 88.4 Å². The lowest BCUT2D eigenvalue weighted by Gasteiger charge is -2.26. The number of ether oxygens (including phenoxy) is 1. The number of nitrogens with one attached hydrogen (secondary N) is 1. The van der Waals surface area contributed by atoms with E-state index in [2.05, 4.69) is 12.2 Å². The molecule has 0 spiro atoms. The lowest BCUT2D eigenvalue weighted by atomic mass is 9.83. The highest BCUT2D eigenvalue weighted by Crippen LogP contribution is 2.27. The minimum Gasteiger partial charge on any atom is -0.385 e. The highest BCUT2D eigenvalue weighted by molar-refractivity contribution is 4.71. The van der Waals surface area contributed by atoms with Crippen LogP contribution in [0.15, 0.2) is 0 Å². The van der Waals surface area contributed by atoms with Crippen LogP contribution in [0.4, 0.5) is 0 Å². The van der Waals surface area contributed by atoms with Crippen LogP contribution in [0.5, 0.6) is 0 Å². The molecule has 14 heavy (non-hydrogen) atoms. The van der Waals surface area contributed by atoms with Gasteiger partial charge in [-0.25, -0.2) is 0 Å². The van der Waals surface area contributed by atoms with Crippen molar-refractivity contribution in [2.75, 3.05) is 26.8 Å². The summed E-state index contributed by atoms with van der Waals surface area (Å²) in [6.07, 6.45) is 6.87. The van der Waals surface area contributed by atoms with Crippen molar-refractivity contribution in [1.29, 1.82) is 0 Å². The molecule has 1 aliphatic rings. The molecule has 0 radical (unpaired) electrons. The van der Waals surface area contributed by atoms with Gasteiger partial charge >= 0.3 is 0 Å². The van der Waals surface area contributed by atoms with Crippen molar-refractivity contribution in [1.82, 2.24) is 5.32 Å². The Hall–Kier alpha value is -0.0800. The largest absolute Gasteiger partial charge is 0.385 e. The van der Waals surface area contributed by atoms with E-state index in [0.29, 0.717) is 0 Å². The van der Waals surface area contributed by atoms with E-state index < -0.39 is 0 Å². The van der Waals surface area contributed by atoms with Gasteiger partial charge in [0, 0.05) is 13.7 Å². The Morgan fingerprint density at radius 3 is 2.57 bits per heavy atom. The number of rotatable bonds is 6. The van der Waals surface area contributed by atoms with E-state index >= 15 is 0 Å². The van der Waals surface area contributed by atoms with Crippen LogP contribution in [-0.4, -0.2) is 26.8 Å². The van der Waals surface area contributed by atoms with Crippen LogP contribution >= 0.6 is 0 Å². The van der Waals surface area contributed by atoms with Crippen molar-refractivity contribution < 1.29 is 4.74 Å². The van der Waals surface area contributed by atoms with Crippen LogP contribution in [0.25, 0.3) is 0 Å². The molecule has 0 saturated heterocycles. The normalized spacial score (nSPS) is 27.9. The summed E-state index contributed by atoms with van der Waals surface area (Å²) in [7, 11) is 1.77. The monoisotopic (exact) mass is 199 g/mol. The molecule has 1 rings (SSSR count). The van der Waals surface area contributed by atoms with Gasteiger partial charge in [0.2, 0.25) is 0 Å². The van der Waals surface area contributed by atoms with Crippen LogP contribution in [0.1, 0.15) is 39.0 Å². The van der Waals surface area contributed by atoms with Crippen LogP contribution in [0, 0.1) is 11.8 Å². The first-order valence-electron chi connectivity index (χ1n) is 6.02. The van der Waals surface area contributed by atoms with E-state index in [1.165, 1.54) is 32.2 Å². The highest BCUT2D eigenvalue weighted by atomic mass is 16.5. The second-order valence-electron chi connectivity index (χ2n) is 4.68. The fourth-order valence-corrected chi connectivity index (χ4v) is 2.18. The molecule has 0 amide bonds. The number of methoxy groups -OCH3 is 1. The van der Waals surface area contributed by atoms with Gasteiger partial charge in [-0.2, -0.15) is 0 Å². The Bertz CT molecular complexity index is 130.